The molecular weight excluding hydrogens is 206 g/mol. The lowest BCUT2D eigenvalue weighted by Crippen LogP contribution is -2.38. The molecule has 0 saturated heterocycles. The second-order valence-electron chi connectivity index (χ2n) is 4.17. The zero-order valence-electron chi connectivity index (χ0n) is 9.08. The lowest BCUT2D eigenvalue weighted by Gasteiger charge is -2.25. The van der Waals surface area contributed by atoms with Crippen molar-refractivity contribution in [2.45, 2.75) is 32.5 Å². The average molecular weight is 224 g/mol. The van der Waals surface area contributed by atoms with E-state index >= 15 is 0 Å². The summed E-state index contributed by atoms with van der Waals surface area (Å²) in [4.78, 5) is 12.7. The van der Waals surface area contributed by atoms with Gasteiger partial charge in [-0.2, -0.15) is 0 Å². The molecule has 0 unspecified atom stereocenters. The van der Waals surface area contributed by atoms with Crippen molar-refractivity contribution >= 4 is 17.7 Å². The Morgan fingerprint density at radius 3 is 2.43 bits per heavy atom. The van der Waals surface area contributed by atoms with Crippen LogP contribution >= 0.6 is 11.6 Å². The van der Waals surface area contributed by atoms with E-state index < -0.39 is 17.8 Å². The topological polar surface area (TPSA) is 49.8 Å². The van der Waals surface area contributed by atoms with Crippen LogP contribution < -0.4 is 0 Å². The molecule has 1 amide bonds. The maximum absolute atomic E-state index is 11.4. The second kappa shape index (κ2) is 5.41. The van der Waals surface area contributed by atoms with Crippen molar-refractivity contribution in [2.75, 3.05) is 19.5 Å². The van der Waals surface area contributed by atoms with Crippen molar-refractivity contribution in [1.82, 2.24) is 4.90 Å². The summed E-state index contributed by atoms with van der Waals surface area (Å²) in [6.07, 6.45) is -1.17. The fourth-order valence-electron chi connectivity index (χ4n) is 0.779. The van der Waals surface area contributed by atoms with Gasteiger partial charge in [-0.05, 0) is 20.8 Å². The molecule has 0 bridgehead atoms. The van der Waals surface area contributed by atoms with E-state index in [0.717, 1.165) is 0 Å². The van der Waals surface area contributed by atoms with Crippen molar-refractivity contribution in [3.8, 4) is 0 Å². The number of ether oxygens (including phenoxy) is 1. The molecule has 0 aromatic rings. The first-order chi connectivity index (χ1) is 6.26. The molecule has 0 heterocycles. The number of amides is 1. The summed E-state index contributed by atoms with van der Waals surface area (Å²) in [6.45, 7) is 5.54. The summed E-state index contributed by atoms with van der Waals surface area (Å²) in [5.74, 6) is 0.104. The Balaban J connectivity index is 4.00. The second-order valence-corrected chi connectivity index (χ2v) is 4.48. The smallest absolute Gasteiger partial charge is 0.410 e. The molecule has 4 nitrogen and oxygen atoms in total. The van der Waals surface area contributed by atoms with Gasteiger partial charge in [0.15, 0.2) is 0 Å². The Bertz CT molecular complexity index is 191. The molecule has 0 aliphatic rings. The van der Waals surface area contributed by atoms with Gasteiger partial charge in [0, 0.05) is 7.05 Å². The molecule has 1 atom stereocenters. The number of aliphatic hydroxyl groups excluding tert-OH is 1. The minimum atomic E-state index is -0.714. The van der Waals surface area contributed by atoms with Gasteiger partial charge < -0.3 is 14.7 Å². The zero-order valence-corrected chi connectivity index (χ0v) is 9.84. The number of carbonyl (C=O) groups is 1. The minimum absolute atomic E-state index is 0.104. The molecule has 1 N–H and O–H groups in total. The normalized spacial score (nSPS) is 13.6. The number of hydrogen-bond acceptors (Lipinski definition) is 3. The van der Waals surface area contributed by atoms with Crippen molar-refractivity contribution in [3.63, 3.8) is 0 Å². The van der Waals surface area contributed by atoms with Crippen LogP contribution in [0.3, 0.4) is 0 Å². The highest BCUT2D eigenvalue weighted by molar-refractivity contribution is 6.18. The summed E-state index contributed by atoms with van der Waals surface area (Å²) < 4.78 is 5.08. The van der Waals surface area contributed by atoms with E-state index in [1.54, 1.807) is 27.8 Å². The van der Waals surface area contributed by atoms with Gasteiger partial charge in [-0.25, -0.2) is 4.79 Å². The zero-order chi connectivity index (χ0) is 11.4. The SMILES string of the molecule is CN(C[C@@H](O)CCl)C(=O)OC(C)(C)C. The predicted octanol–water partition coefficient (Wildman–Crippen LogP) is 1.45. The third-order valence-corrected chi connectivity index (χ3v) is 1.72. The van der Waals surface area contributed by atoms with Crippen molar-refractivity contribution in [3.05, 3.63) is 0 Å². The van der Waals surface area contributed by atoms with Crippen LogP contribution in [0.15, 0.2) is 0 Å². The lowest BCUT2D eigenvalue weighted by molar-refractivity contribution is 0.0223. The summed E-state index contributed by atoms with van der Waals surface area (Å²) >= 11 is 5.41. The maximum Gasteiger partial charge on any atom is 0.410 e. The van der Waals surface area contributed by atoms with E-state index in [0.29, 0.717) is 0 Å². The molecule has 0 aliphatic heterocycles. The Kier molecular flexibility index (Phi) is 5.23. The van der Waals surface area contributed by atoms with Gasteiger partial charge in [0.05, 0.1) is 18.5 Å². The van der Waals surface area contributed by atoms with E-state index in [9.17, 15) is 9.90 Å². The van der Waals surface area contributed by atoms with Crippen LogP contribution in [0.5, 0.6) is 0 Å². The van der Waals surface area contributed by atoms with Gasteiger partial charge in [-0.1, -0.05) is 0 Å². The quantitative estimate of drug-likeness (QED) is 0.737. The molecule has 84 valence electrons. The Morgan fingerprint density at radius 2 is 2.07 bits per heavy atom. The van der Waals surface area contributed by atoms with Crippen molar-refractivity contribution < 1.29 is 14.6 Å². The highest BCUT2D eigenvalue weighted by atomic mass is 35.5. The number of rotatable bonds is 3. The van der Waals surface area contributed by atoms with E-state index in [1.807, 2.05) is 0 Å². The summed E-state index contributed by atoms with van der Waals surface area (Å²) in [7, 11) is 1.56. The fraction of sp³-hybridized carbons (Fsp3) is 0.889. The number of hydrogen-bond donors (Lipinski definition) is 1. The summed E-state index contributed by atoms with van der Waals surface area (Å²) in [5, 5.41) is 9.19. The van der Waals surface area contributed by atoms with Gasteiger partial charge in [-0.15, -0.1) is 11.6 Å². The van der Waals surface area contributed by atoms with Crippen molar-refractivity contribution in [1.29, 1.82) is 0 Å². The Hall–Kier alpha value is -0.480. The first kappa shape index (κ1) is 13.5. The largest absolute Gasteiger partial charge is 0.444 e. The number of carbonyl (C=O) groups excluding carboxylic acids is 1. The molecular formula is C9H18ClNO3. The van der Waals surface area contributed by atoms with Gasteiger partial charge in [0.1, 0.15) is 5.60 Å². The number of nitrogens with zero attached hydrogens (tertiary/aromatic N) is 1. The Labute approximate surface area is 89.8 Å². The van der Waals surface area contributed by atoms with Gasteiger partial charge in [-0.3, -0.25) is 0 Å². The highest BCUT2D eigenvalue weighted by Crippen LogP contribution is 2.09. The van der Waals surface area contributed by atoms with E-state index in [4.69, 9.17) is 16.3 Å². The number of alkyl halides is 1. The molecule has 0 fully saturated rings. The number of likely N-dealkylation sites (N-methyl/N-ethyl adjacent to an activating group) is 1. The van der Waals surface area contributed by atoms with Gasteiger partial charge in [0.25, 0.3) is 0 Å². The molecule has 0 aromatic heterocycles. The monoisotopic (exact) mass is 223 g/mol. The van der Waals surface area contributed by atoms with E-state index in [-0.39, 0.29) is 12.4 Å². The van der Waals surface area contributed by atoms with Crippen LogP contribution in [-0.4, -0.2) is 47.3 Å². The predicted molar refractivity (Wildman–Crippen MR) is 55.6 cm³/mol. The molecule has 0 saturated carbocycles. The molecule has 0 aliphatic carbocycles. The standard InChI is InChI=1S/C9H18ClNO3/c1-9(2,3)14-8(13)11(4)6-7(12)5-10/h7,12H,5-6H2,1-4H3/t7-/m0/s1. The highest BCUT2D eigenvalue weighted by Gasteiger charge is 2.20. The van der Waals surface area contributed by atoms with Gasteiger partial charge >= 0.3 is 6.09 Å². The molecule has 14 heavy (non-hydrogen) atoms. The first-order valence-electron chi connectivity index (χ1n) is 4.44. The summed E-state index contributed by atoms with van der Waals surface area (Å²) in [6, 6.07) is 0. The Morgan fingerprint density at radius 1 is 1.57 bits per heavy atom. The van der Waals surface area contributed by atoms with Crippen LogP contribution in [0, 0.1) is 0 Å². The van der Waals surface area contributed by atoms with E-state index in [2.05, 4.69) is 0 Å². The molecule has 5 heteroatoms. The first-order valence-corrected chi connectivity index (χ1v) is 4.98. The lowest BCUT2D eigenvalue weighted by atomic mass is 10.2. The number of halogens is 1. The van der Waals surface area contributed by atoms with Gasteiger partial charge in [0.2, 0.25) is 0 Å². The van der Waals surface area contributed by atoms with Crippen LogP contribution in [-0.2, 0) is 4.74 Å². The third kappa shape index (κ3) is 6.05. The minimum Gasteiger partial charge on any atom is -0.444 e. The van der Waals surface area contributed by atoms with E-state index in [1.165, 1.54) is 4.90 Å². The molecule has 0 spiro atoms. The van der Waals surface area contributed by atoms with Crippen LogP contribution in [0.1, 0.15) is 20.8 Å². The molecule has 0 rings (SSSR count). The number of aliphatic hydroxyl groups is 1. The van der Waals surface area contributed by atoms with Crippen LogP contribution in [0.25, 0.3) is 0 Å². The van der Waals surface area contributed by atoms with Crippen molar-refractivity contribution in [2.24, 2.45) is 0 Å². The van der Waals surface area contributed by atoms with Crippen LogP contribution in [0.2, 0.25) is 0 Å². The molecule has 0 radical (unpaired) electrons. The average Bonchev–Trinajstić information content (AvgIpc) is 2.00. The third-order valence-electron chi connectivity index (χ3n) is 1.37. The molecule has 0 aromatic carbocycles. The maximum atomic E-state index is 11.4. The summed E-state index contributed by atoms with van der Waals surface area (Å²) in [5.41, 5.74) is -0.517. The fourth-order valence-corrected chi connectivity index (χ4v) is 0.877. The van der Waals surface area contributed by atoms with Crippen LogP contribution in [0.4, 0.5) is 4.79 Å².